The fourth-order valence-corrected chi connectivity index (χ4v) is 7.38. The molecule has 1 saturated heterocycles. The van der Waals surface area contributed by atoms with Gasteiger partial charge in [0.05, 0.1) is 11.2 Å². The van der Waals surface area contributed by atoms with Gasteiger partial charge in [0.2, 0.25) is 0 Å². The summed E-state index contributed by atoms with van der Waals surface area (Å²) in [4.78, 5) is 63.2. The first kappa shape index (κ1) is 30.5. The number of fused-ring (bicyclic) bond motifs is 1. The van der Waals surface area contributed by atoms with Crippen molar-refractivity contribution in [3.8, 4) is 0 Å². The highest BCUT2D eigenvalue weighted by Crippen LogP contribution is 2.68. The van der Waals surface area contributed by atoms with Gasteiger partial charge in [-0.3, -0.25) is 19.2 Å². The molecule has 0 amide bonds. The van der Waals surface area contributed by atoms with Gasteiger partial charge in [-0.05, 0) is 44.7 Å². The maximum Gasteiger partial charge on any atom is 0.338 e. The predicted octanol–water partition coefficient (Wildman–Crippen LogP) is 3.16. The summed E-state index contributed by atoms with van der Waals surface area (Å²) in [6.45, 7) is 10.1. The minimum absolute atomic E-state index is 0.136. The van der Waals surface area contributed by atoms with Crippen LogP contribution in [0.3, 0.4) is 0 Å². The minimum atomic E-state index is -1.63. The van der Waals surface area contributed by atoms with Gasteiger partial charge in [-0.2, -0.15) is 0 Å². The van der Waals surface area contributed by atoms with Gasteiger partial charge in [0.25, 0.3) is 0 Å². The van der Waals surface area contributed by atoms with Crippen LogP contribution in [0.15, 0.2) is 30.3 Å². The Balaban J connectivity index is 1.97. The smallest absolute Gasteiger partial charge is 0.338 e. The van der Waals surface area contributed by atoms with Crippen molar-refractivity contribution in [3.63, 3.8) is 0 Å². The standard InChI is InChI=1S/C30H38O11/c1-16-13-23(40-27(35)21-11-9-8-10-12-21)26(39-20(5)34)29(15-36-17(2)31)24(37-18(3)32)14-22-25(38-19(4)33)30(16,29)41-28(22,6)7/h8-12,16,22-26H,13-15H2,1-7H3/t16-,22-,23+,24-,25-,26+,29-,30-/m1/s1. The van der Waals surface area contributed by atoms with E-state index in [1.54, 1.807) is 30.3 Å². The molecule has 4 rings (SSSR count). The van der Waals surface area contributed by atoms with Crippen LogP contribution in [-0.4, -0.2) is 72.1 Å². The molecule has 1 aromatic carbocycles. The van der Waals surface area contributed by atoms with Crippen molar-refractivity contribution < 1.29 is 52.4 Å². The largest absolute Gasteiger partial charge is 0.465 e. The van der Waals surface area contributed by atoms with Crippen molar-refractivity contribution in [2.75, 3.05) is 6.61 Å². The van der Waals surface area contributed by atoms with Crippen LogP contribution >= 0.6 is 0 Å². The summed E-state index contributed by atoms with van der Waals surface area (Å²) in [7, 11) is 0. The molecule has 11 nitrogen and oxygen atoms in total. The monoisotopic (exact) mass is 574 g/mol. The third kappa shape index (κ3) is 5.20. The molecular weight excluding hydrogens is 536 g/mol. The number of hydrogen-bond donors (Lipinski definition) is 0. The molecule has 0 radical (unpaired) electrons. The van der Waals surface area contributed by atoms with Crippen molar-refractivity contribution >= 4 is 29.8 Å². The average Bonchev–Trinajstić information content (AvgIpc) is 3.03. The number of hydrogen-bond acceptors (Lipinski definition) is 11. The first-order valence-corrected chi connectivity index (χ1v) is 13.8. The van der Waals surface area contributed by atoms with Crippen molar-refractivity contribution in [3.05, 3.63) is 35.9 Å². The second-order valence-corrected chi connectivity index (χ2v) is 11.8. The Morgan fingerprint density at radius 1 is 0.805 bits per heavy atom. The topological polar surface area (TPSA) is 141 Å². The maximum absolute atomic E-state index is 13.3. The normalized spacial score (nSPS) is 34.9. The first-order valence-electron chi connectivity index (χ1n) is 13.8. The molecule has 1 spiro atoms. The Labute approximate surface area is 239 Å². The van der Waals surface area contributed by atoms with E-state index >= 15 is 0 Å². The molecule has 224 valence electrons. The van der Waals surface area contributed by atoms with E-state index in [4.69, 9.17) is 28.4 Å². The van der Waals surface area contributed by atoms with Crippen molar-refractivity contribution in [2.45, 2.75) is 96.9 Å². The van der Waals surface area contributed by atoms with E-state index in [0.29, 0.717) is 0 Å². The van der Waals surface area contributed by atoms with Gasteiger partial charge >= 0.3 is 29.8 Å². The zero-order chi connectivity index (χ0) is 30.3. The second-order valence-electron chi connectivity index (χ2n) is 11.8. The van der Waals surface area contributed by atoms with Crippen LogP contribution in [0, 0.1) is 17.3 Å². The zero-order valence-corrected chi connectivity index (χ0v) is 24.5. The predicted molar refractivity (Wildman–Crippen MR) is 141 cm³/mol. The Kier molecular flexibility index (Phi) is 8.23. The van der Waals surface area contributed by atoms with E-state index in [9.17, 15) is 24.0 Å². The van der Waals surface area contributed by atoms with E-state index in [1.807, 2.05) is 20.8 Å². The summed E-state index contributed by atoms with van der Waals surface area (Å²) in [5.41, 5.74) is -3.69. The minimum Gasteiger partial charge on any atom is -0.465 e. The van der Waals surface area contributed by atoms with E-state index in [0.717, 1.165) is 0 Å². The molecule has 1 aliphatic heterocycles. The third-order valence-corrected chi connectivity index (χ3v) is 8.72. The Hall–Kier alpha value is -3.47. The SMILES string of the molecule is CC(=O)OC[C@]12[C@H](OC(C)=O)C[C@@H]3[C@@H](OC(C)=O)[C@]1(OC3(C)C)[C@H](C)C[C@H](OC(=O)c1ccccc1)[C@@H]2OC(C)=O. The molecule has 2 aliphatic carbocycles. The van der Waals surface area contributed by atoms with Crippen LogP contribution in [0.2, 0.25) is 0 Å². The molecule has 0 aromatic heterocycles. The van der Waals surface area contributed by atoms with Crippen molar-refractivity contribution in [1.29, 1.82) is 0 Å². The van der Waals surface area contributed by atoms with E-state index in [-0.39, 0.29) is 18.4 Å². The Morgan fingerprint density at radius 3 is 1.95 bits per heavy atom. The van der Waals surface area contributed by atoms with Crippen molar-refractivity contribution in [2.24, 2.45) is 17.3 Å². The van der Waals surface area contributed by atoms with Gasteiger partial charge in [-0.1, -0.05) is 25.1 Å². The van der Waals surface area contributed by atoms with Crippen molar-refractivity contribution in [1.82, 2.24) is 0 Å². The lowest BCUT2D eigenvalue weighted by atomic mass is 9.47. The van der Waals surface area contributed by atoms with Gasteiger partial charge in [0, 0.05) is 33.6 Å². The van der Waals surface area contributed by atoms with Gasteiger partial charge in [-0.15, -0.1) is 0 Å². The molecular formula is C30H38O11. The van der Waals surface area contributed by atoms with Crippen LogP contribution in [0.1, 0.15) is 71.7 Å². The van der Waals surface area contributed by atoms with Crippen LogP contribution < -0.4 is 0 Å². The number of carbonyl (C=O) groups is 5. The summed E-state index contributed by atoms with van der Waals surface area (Å²) >= 11 is 0. The summed E-state index contributed by atoms with van der Waals surface area (Å²) < 4.78 is 36.4. The summed E-state index contributed by atoms with van der Waals surface area (Å²) in [6, 6.07) is 8.33. The van der Waals surface area contributed by atoms with Gasteiger partial charge < -0.3 is 28.4 Å². The molecule has 1 heterocycles. The number of ether oxygens (including phenoxy) is 6. The molecule has 3 fully saturated rings. The van der Waals surface area contributed by atoms with Gasteiger partial charge in [0.15, 0.2) is 6.10 Å². The lowest BCUT2D eigenvalue weighted by Gasteiger charge is -2.63. The summed E-state index contributed by atoms with van der Waals surface area (Å²) in [5.74, 6) is -4.12. The fourth-order valence-electron chi connectivity index (χ4n) is 7.38. The van der Waals surface area contributed by atoms with E-state index in [2.05, 4.69) is 0 Å². The van der Waals surface area contributed by atoms with Gasteiger partial charge in [0.1, 0.15) is 35.9 Å². The molecule has 1 aromatic rings. The molecule has 3 aliphatic rings. The zero-order valence-electron chi connectivity index (χ0n) is 24.5. The molecule has 2 saturated carbocycles. The Morgan fingerprint density at radius 2 is 1.39 bits per heavy atom. The fraction of sp³-hybridized carbons (Fsp3) is 0.633. The highest BCUT2D eigenvalue weighted by Gasteiger charge is 2.82. The molecule has 11 heteroatoms. The summed E-state index contributed by atoms with van der Waals surface area (Å²) in [5, 5.41) is 0. The molecule has 0 unspecified atom stereocenters. The molecule has 8 atom stereocenters. The average molecular weight is 575 g/mol. The number of esters is 5. The second kappa shape index (κ2) is 11.1. The highest BCUT2D eigenvalue weighted by molar-refractivity contribution is 5.89. The summed E-state index contributed by atoms with van der Waals surface area (Å²) in [6.07, 6.45) is -3.98. The Bertz CT molecular complexity index is 1210. The lowest BCUT2D eigenvalue weighted by molar-refractivity contribution is -0.319. The van der Waals surface area contributed by atoms with Crippen LogP contribution in [0.4, 0.5) is 0 Å². The number of carbonyl (C=O) groups excluding carboxylic acids is 5. The van der Waals surface area contributed by atoms with Crippen LogP contribution in [-0.2, 0) is 47.6 Å². The van der Waals surface area contributed by atoms with Gasteiger partial charge in [-0.25, -0.2) is 4.79 Å². The number of benzene rings is 1. The molecule has 41 heavy (non-hydrogen) atoms. The van der Waals surface area contributed by atoms with Crippen LogP contribution in [0.5, 0.6) is 0 Å². The third-order valence-electron chi connectivity index (χ3n) is 8.72. The van der Waals surface area contributed by atoms with E-state index in [1.165, 1.54) is 27.7 Å². The first-order chi connectivity index (χ1) is 19.2. The number of rotatable bonds is 7. The maximum atomic E-state index is 13.3. The lowest BCUT2D eigenvalue weighted by Crippen LogP contribution is -2.78. The molecule has 2 bridgehead atoms. The molecule has 0 N–H and O–H groups in total. The highest BCUT2D eigenvalue weighted by atomic mass is 16.6. The van der Waals surface area contributed by atoms with E-state index < -0.39 is 89.3 Å². The van der Waals surface area contributed by atoms with Crippen LogP contribution in [0.25, 0.3) is 0 Å². The quantitative estimate of drug-likeness (QED) is 0.350.